The molecule has 1 aliphatic carbocycles. The fourth-order valence-electron chi connectivity index (χ4n) is 3.04. The minimum atomic E-state index is -4.97. The van der Waals surface area contributed by atoms with E-state index in [-0.39, 0.29) is 12.1 Å². The van der Waals surface area contributed by atoms with Crippen LogP contribution in [0.25, 0.3) is 0 Å². The number of ether oxygens (including phenoxy) is 2. The lowest BCUT2D eigenvalue weighted by molar-refractivity contribution is -0.159. The van der Waals surface area contributed by atoms with E-state index < -0.39 is 30.4 Å². The summed E-state index contributed by atoms with van der Waals surface area (Å²) < 4.78 is 86.7. The molecule has 0 radical (unpaired) electrons. The molecule has 164 valence electrons. The van der Waals surface area contributed by atoms with E-state index in [1.54, 1.807) is 24.3 Å². The Hall–Kier alpha value is -2.72. The summed E-state index contributed by atoms with van der Waals surface area (Å²) in [7, 11) is 0. The zero-order chi connectivity index (χ0) is 21.8. The lowest BCUT2D eigenvalue weighted by atomic mass is 9.98. The smallest absolute Gasteiger partial charge is 0.423 e. The second-order valence-electron chi connectivity index (χ2n) is 6.81. The van der Waals surface area contributed by atoms with Gasteiger partial charge in [-0.3, -0.25) is 0 Å². The molecule has 1 aromatic heterocycles. The molecule has 0 atom stereocenters. The van der Waals surface area contributed by atoms with E-state index >= 15 is 0 Å². The van der Waals surface area contributed by atoms with Gasteiger partial charge in [-0.05, 0) is 37.8 Å². The molecule has 1 aromatic carbocycles. The zero-order valence-electron chi connectivity index (χ0n) is 15.7. The third kappa shape index (κ3) is 6.14. The molecule has 1 aliphatic rings. The number of nitrogens with zero attached hydrogens (tertiary/aromatic N) is 2. The van der Waals surface area contributed by atoms with Crippen molar-refractivity contribution >= 4 is 11.6 Å². The highest BCUT2D eigenvalue weighted by molar-refractivity contribution is 5.62. The van der Waals surface area contributed by atoms with Crippen LogP contribution in [0.2, 0.25) is 0 Å². The van der Waals surface area contributed by atoms with Crippen molar-refractivity contribution < 1.29 is 35.8 Å². The van der Waals surface area contributed by atoms with Gasteiger partial charge >= 0.3 is 12.4 Å². The van der Waals surface area contributed by atoms with Gasteiger partial charge in [0, 0.05) is 6.20 Å². The molecule has 1 heterocycles. The van der Waals surface area contributed by atoms with Gasteiger partial charge < -0.3 is 14.8 Å². The Balaban J connectivity index is 1.82. The summed E-state index contributed by atoms with van der Waals surface area (Å²) in [5.74, 6) is -1.10. The molecular weight excluding hydrogens is 416 g/mol. The lowest BCUT2D eigenvalue weighted by Gasteiger charge is -2.24. The number of aromatic nitrogens is 2. The van der Waals surface area contributed by atoms with Crippen LogP contribution in [0.15, 0.2) is 30.5 Å². The highest BCUT2D eigenvalue weighted by Gasteiger charge is 2.38. The maximum Gasteiger partial charge on any atom is 0.423 e. The Labute approximate surface area is 168 Å². The van der Waals surface area contributed by atoms with E-state index in [9.17, 15) is 26.3 Å². The number of rotatable bonds is 6. The van der Waals surface area contributed by atoms with Crippen molar-refractivity contribution in [2.75, 3.05) is 11.9 Å². The van der Waals surface area contributed by atoms with Gasteiger partial charge in [-0.1, -0.05) is 18.6 Å². The van der Waals surface area contributed by atoms with Crippen LogP contribution in [0.1, 0.15) is 37.7 Å². The van der Waals surface area contributed by atoms with Gasteiger partial charge in [0.05, 0.1) is 11.8 Å². The van der Waals surface area contributed by atoms with Crippen molar-refractivity contribution in [1.82, 2.24) is 9.97 Å². The van der Waals surface area contributed by atoms with Crippen molar-refractivity contribution in [3.8, 4) is 11.6 Å². The molecule has 0 unspecified atom stereocenters. The fraction of sp³-hybridized carbons (Fsp3) is 0.474. The summed E-state index contributed by atoms with van der Waals surface area (Å²) in [5.41, 5.74) is -1.12. The van der Waals surface area contributed by atoms with E-state index in [2.05, 4.69) is 20.0 Å². The number of benzene rings is 1. The first kappa shape index (κ1) is 22.0. The molecule has 1 fully saturated rings. The van der Waals surface area contributed by atoms with Crippen molar-refractivity contribution in [3.05, 3.63) is 36.0 Å². The molecule has 0 amide bonds. The van der Waals surface area contributed by atoms with Gasteiger partial charge in [0.1, 0.15) is 11.3 Å². The number of halogens is 6. The normalized spacial score (nSPS) is 15.7. The van der Waals surface area contributed by atoms with Crippen molar-refractivity contribution in [2.24, 2.45) is 0 Å². The quantitative estimate of drug-likeness (QED) is 0.574. The molecule has 1 saturated carbocycles. The maximum atomic E-state index is 13.1. The van der Waals surface area contributed by atoms with E-state index in [1.807, 2.05) is 0 Å². The molecule has 11 heteroatoms. The number of anilines is 2. The summed E-state index contributed by atoms with van der Waals surface area (Å²) in [5, 5.41) is 2.70. The number of alkyl halides is 6. The van der Waals surface area contributed by atoms with Crippen molar-refractivity contribution in [2.45, 2.75) is 50.6 Å². The minimum absolute atomic E-state index is 0.0147. The van der Waals surface area contributed by atoms with Gasteiger partial charge in [-0.15, -0.1) is 0 Å². The molecule has 1 N–H and O–H groups in total. The second-order valence-corrected chi connectivity index (χ2v) is 6.81. The predicted molar refractivity (Wildman–Crippen MR) is 95.8 cm³/mol. The minimum Gasteiger partial charge on any atom is -0.488 e. The van der Waals surface area contributed by atoms with Gasteiger partial charge in [0.2, 0.25) is 11.8 Å². The standard InChI is InChI=1S/C19H19F6N3O2/c20-18(21,22)11-29-16-13(19(23,24)25)10-26-17(28-16)27-14-8-4-5-9-15(14)30-12-6-2-1-3-7-12/h4-5,8-10,12H,1-3,6-7,11H2,(H,26,27,28). The third-order valence-electron chi connectivity index (χ3n) is 4.41. The monoisotopic (exact) mass is 435 g/mol. The number of hydrogen-bond acceptors (Lipinski definition) is 5. The van der Waals surface area contributed by atoms with Gasteiger partial charge in [0.15, 0.2) is 6.61 Å². The Morgan fingerprint density at radius 2 is 1.70 bits per heavy atom. The molecule has 0 bridgehead atoms. The first-order valence-electron chi connectivity index (χ1n) is 9.28. The largest absolute Gasteiger partial charge is 0.488 e. The van der Waals surface area contributed by atoms with Gasteiger partial charge in [0.25, 0.3) is 0 Å². The van der Waals surface area contributed by atoms with E-state index in [0.717, 1.165) is 32.1 Å². The van der Waals surface area contributed by atoms with Gasteiger partial charge in [-0.25, -0.2) is 4.98 Å². The summed E-state index contributed by atoms with van der Waals surface area (Å²) in [6.45, 7) is -1.91. The summed E-state index contributed by atoms with van der Waals surface area (Å²) in [6.07, 6.45) is -4.39. The Bertz CT molecular complexity index is 851. The van der Waals surface area contributed by atoms with Crippen molar-refractivity contribution in [3.63, 3.8) is 0 Å². The number of para-hydroxylation sites is 2. The molecule has 3 rings (SSSR count). The average Bonchev–Trinajstić information content (AvgIpc) is 2.67. The topological polar surface area (TPSA) is 56.3 Å². The summed E-state index contributed by atoms with van der Waals surface area (Å²) in [6, 6.07) is 6.69. The SMILES string of the molecule is FC(F)(F)COc1nc(Nc2ccccc2OC2CCCCC2)ncc1C(F)(F)F. The third-order valence-corrected chi connectivity index (χ3v) is 4.41. The molecule has 30 heavy (non-hydrogen) atoms. The second kappa shape index (κ2) is 8.97. The lowest BCUT2D eigenvalue weighted by Crippen LogP contribution is -2.22. The molecule has 0 aliphatic heterocycles. The van der Waals surface area contributed by atoms with E-state index in [0.29, 0.717) is 17.6 Å². The van der Waals surface area contributed by atoms with Crippen LogP contribution >= 0.6 is 0 Å². The number of hydrogen-bond donors (Lipinski definition) is 1. The highest BCUT2D eigenvalue weighted by Crippen LogP contribution is 2.37. The van der Waals surface area contributed by atoms with E-state index in [1.165, 1.54) is 0 Å². The van der Waals surface area contributed by atoms with Crippen molar-refractivity contribution in [1.29, 1.82) is 0 Å². The Morgan fingerprint density at radius 3 is 2.37 bits per heavy atom. The first-order chi connectivity index (χ1) is 14.1. The fourth-order valence-corrected chi connectivity index (χ4v) is 3.04. The summed E-state index contributed by atoms with van der Waals surface area (Å²) in [4.78, 5) is 7.08. The molecule has 0 saturated heterocycles. The van der Waals surface area contributed by atoms with Crippen LogP contribution in [-0.4, -0.2) is 28.9 Å². The molecule has 5 nitrogen and oxygen atoms in total. The Kier molecular flexibility index (Phi) is 6.57. The van der Waals surface area contributed by atoms with Crippen LogP contribution in [0.5, 0.6) is 11.6 Å². The van der Waals surface area contributed by atoms with Gasteiger partial charge in [-0.2, -0.15) is 31.3 Å². The Morgan fingerprint density at radius 1 is 1.00 bits per heavy atom. The summed E-state index contributed by atoms with van der Waals surface area (Å²) >= 11 is 0. The molecule has 2 aromatic rings. The van der Waals surface area contributed by atoms with E-state index in [4.69, 9.17) is 4.74 Å². The maximum absolute atomic E-state index is 13.1. The first-order valence-corrected chi connectivity index (χ1v) is 9.28. The molecule has 0 spiro atoms. The predicted octanol–water partition coefficient (Wildman–Crippen LogP) is 5.89. The highest BCUT2D eigenvalue weighted by atomic mass is 19.4. The van der Waals surface area contributed by atoms with Crippen LogP contribution in [0.4, 0.5) is 38.0 Å². The van der Waals surface area contributed by atoms with Crippen LogP contribution < -0.4 is 14.8 Å². The molecular formula is C19H19F6N3O2. The van der Waals surface area contributed by atoms with Crippen LogP contribution in [0, 0.1) is 0 Å². The van der Waals surface area contributed by atoms with Crippen LogP contribution in [-0.2, 0) is 6.18 Å². The van der Waals surface area contributed by atoms with Crippen LogP contribution in [0.3, 0.4) is 0 Å². The average molecular weight is 435 g/mol. The zero-order valence-corrected chi connectivity index (χ0v) is 15.7. The number of nitrogens with one attached hydrogen (secondary N) is 1.